The largest absolute Gasteiger partial charge is 0.300 e. The first-order valence-electron chi connectivity index (χ1n) is 9.45. The molecule has 0 amide bonds. The highest BCUT2D eigenvalue weighted by Crippen LogP contribution is 2.28. The second-order valence-corrected chi connectivity index (χ2v) is 6.08. The van der Waals surface area contributed by atoms with E-state index in [1.165, 1.54) is 12.8 Å². The Morgan fingerprint density at radius 3 is 1.17 bits per heavy atom. The van der Waals surface area contributed by atoms with Gasteiger partial charge in [0.1, 0.15) is 5.78 Å². The predicted molar refractivity (Wildman–Crippen MR) is 123 cm³/mol. The molecular formula is C29H22O. The Balaban J connectivity index is 0.000000696. The van der Waals surface area contributed by atoms with E-state index in [1.54, 1.807) is 20.8 Å². The van der Waals surface area contributed by atoms with Gasteiger partial charge < -0.3 is 0 Å². The van der Waals surface area contributed by atoms with Crippen LogP contribution in [0.4, 0.5) is 0 Å². The molecule has 0 bridgehead atoms. The number of hydrogen-bond donors (Lipinski definition) is 0. The SMILES string of the molecule is CC#CC#CC#CC#CC#CC#CC#CC#CC#CC.CC(=O)C1CCCC(C)C1. The maximum Gasteiger partial charge on any atom is 0.132 e. The molecule has 1 nitrogen and oxygen atoms in total. The topological polar surface area (TPSA) is 17.1 Å². The monoisotopic (exact) mass is 386 g/mol. The Morgan fingerprint density at radius 2 is 0.933 bits per heavy atom. The molecule has 0 heterocycles. The average molecular weight is 386 g/mol. The zero-order valence-electron chi connectivity index (χ0n) is 17.9. The second-order valence-electron chi connectivity index (χ2n) is 6.08. The highest BCUT2D eigenvalue weighted by atomic mass is 16.1. The summed E-state index contributed by atoms with van der Waals surface area (Å²) in [6, 6.07) is 0. The van der Waals surface area contributed by atoms with Crippen molar-refractivity contribution in [3.8, 4) is 107 Å². The van der Waals surface area contributed by atoms with Gasteiger partial charge in [-0.05, 0) is 134 Å². The van der Waals surface area contributed by atoms with Crippen molar-refractivity contribution in [1.29, 1.82) is 0 Å². The summed E-state index contributed by atoms with van der Waals surface area (Å²) in [6.45, 7) is 7.38. The van der Waals surface area contributed by atoms with Crippen LogP contribution in [-0.4, -0.2) is 5.78 Å². The summed E-state index contributed by atoms with van der Waals surface area (Å²) in [5.41, 5.74) is 0. The van der Waals surface area contributed by atoms with E-state index in [9.17, 15) is 4.79 Å². The minimum Gasteiger partial charge on any atom is -0.300 e. The zero-order valence-corrected chi connectivity index (χ0v) is 17.9. The lowest BCUT2D eigenvalue weighted by Gasteiger charge is -2.24. The highest BCUT2D eigenvalue weighted by Gasteiger charge is 2.21. The molecule has 1 aliphatic carbocycles. The van der Waals surface area contributed by atoms with Crippen molar-refractivity contribution < 1.29 is 4.79 Å². The molecule has 30 heavy (non-hydrogen) atoms. The van der Waals surface area contributed by atoms with Crippen molar-refractivity contribution in [2.45, 2.75) is 53.4 Å². The molecule has 0 aromatic rings. The number of rotatable bonds is 1. The van der Waals surface area contributed by atoms with Gasteiger partial charge in [-0.3, -0.25) is 4.79 Å². The first-order chi connectivity index (χ1) is 14.6. The molecule has 0 radical (unpaired) electrons. The minimum atomic E-state index is 0.392. The van der Waals surface area contributed by atoms with Crippen LogP contribution in [0.15, 0.2) is 0 Å². The molecule has 1 aliphatic rings. The molecule has 1 fully saturated rings. The van der Waals surface area contributed by atoms with Crippen LogP contribution >= 0.6 is 0 Å². The fraction of sp³-hybridized carbons (Fsp3) is 0.345. The van der Waals surface area contributed by atoms with Crippen LogP contribution in [0.2, 0.25) is 0 Å². The van der Waals surface area contributed by atoms with Crippen molar-refractivity contribution in [2.24, 2.45) is 11.8 Å². The quantitative estimate of drug-likeness (QED) is 0.631. The first kappa shape index (κ1) is 25.7. The fourth-order valence-electron chi connectivity index (χ4n) is 2.37. The maximum atomic E-state index is 10.9. The van der Waals surface area contributed by atoms with Gasteiger partial charge in [0.25, 0.3) is 0 Å². The summed E-state index contributed by atoms with van der Waals surface area (Å²) in [4.78, 5) is 10.9. The van der Waals surface area contributed by atoms with Crippen molar-refractivity contribution >= 4 is 5.78 Å². The van der Waals surface area contributed by atoms with E-state index < -0.39 is 0 Å². The fourth-order valence-corrected chi connectivity index (χ4v) is 2.37. The molecule has 2 unspecified atom stereocenters. The normalized spacial score (nSPS) is 13.9. The third-order valence-corrected chi connectivity index (χ3v) is 3.70. The summed E-state index contributed by atoms with van der Waals surface area (Å²) < 4.78 is 0. The average Bonchev–Trinajstić information content (AvgIpc) is 2.74. The number of carbonyl (C=O) groups is 1. The third kappa shape index (κ3) is 17.1. The molecular weight excluding hydrogens is 364 g/mol. The van der Waals surface area contributed by atoms with Crippen LogP contribution in [0.3, 0.4) is 0 Å². The van der Waals surface area contributed by atoms with Gasteiger partial charge in [0.15, 0.2) is 0 Å². The van der Waals surface area contributed by atoms with Crippen LogP contribution in [0.1, 0.15) is 53.4 Å². The molecule has 0 N–H and O–H groups in total. The maximum absolute atomic E-state index is 10.9. The summed E-state index contributed by atoms with van der Waals surface area (Å²) in [5.74, 6) is 47.2. The van der Waals surface area contributed by atoms with Crippen molar-refractivity contribution in [1.82, 2.24) is 0 Å². The Morgan fingerprint density at radius 1 is 0.600 bits per heavy atom. The molecule has 0 aromatic heterocycles. The minimum absolute atomic E-state index is 0.392. The van der Waals surface area contributed by atoms with Crippen LogP contribution in [0.25, 0.3) is 0 Å². The molecule has 2 atom stereocenters. The van der Waals surface area contributed by atoms with Crippen LogP contribution < -0.4 is 0 Å². The Hall–Kier alpha value is -4.29. The second kappa shape index (κ2) is 19.5. The van der Waals surface area contributed by atoms with Gasteiger partial charge in [0, 0.05) is 5.92 Å². The standard InChI is InChI=1S/C20H6.C9H16O/c1-3-5-7-9-11-13-15-17-19-20-18-16-14-12-10-8-6-4-2;1-7-4-3-5-9(6-7)8(2)10/h1-2H3;7,9H,3-6H2,1-2H3. The summed E-state index contributed by atoms with van der Waals surface area (Å²) >= 11 is 0. The van der Waals surface area contributed by atoms with E-state index in [2.05, 4.69) is 113 Å². The Labute approximate surface area is 182 Å². The zero-order chi connectivity index (χ0) is 22.3. The molecule has 0 aromatic carbocycles. The lowest BCUT2D eigenvalue weighted by Crippen LogP contribution is -2.19. The van der Waals surface area contributed by atoms with Gasteiger partial charge >= 0.3 is 0 Å². The molecule has 1 saturated carbocycles. The predicted octanol–water partition coefficient (Wildman–Crippen LogP) is 3.46. The summed E-state index contributed by atoms with van der Waals surface area (Å²) in [5, 5.41) is 0. The Bertz CT molecular complexity index is 1080. The molecule has 0 aliphatic heterocycles. The smallest absolute Gasteiger partial charge is 0.132 e. The van der Waals surface area contributed by atoms with Crippen molar-refractivity contribution in [3.05, 3.63) is 0 Å². The van der Waals surface area contributed by atoms with E-state index in [1.807, 2.05) is 0 Å². The highest BCUT2D eigenvalue weighted by molar-refractivity contribution is 5.78. The summed E-state index contributed by atoms with van der Waals surface area (Å²) in [6.07, 6.45) is 4.85. The molecule has 0 spiro atoms. The van der Waals surface area contributed by atoms with E-state index in [0.717, 1.165) is 18.8 Å². The van der Waals surface area contributed by atoms with Crippen LogP contribution in [-0.2, 0) is 4.79 Å². The number of carbonyl (C=O) groups excluding carboxylic acids is 1. The van der Waals surface area contributed by atoms with Crippen molar-refractivity contribution in [2.75, 3.05) is 0 Å². The molecule has 1 heteroatoms. The molecule has 144 valence electrons. The van der Waals surface area contributed by atoms with Gasteiger partial charge in [0.2, 0.25) is 0 Å². The number of Topliss-reactive ketones (excluding diaryl/α,β-unsaturated/α-hetero) is 1. The van der Waals surface area contributed by atoms with E-state index in [4.69, 9.17) is 0 Å². The van der Waals surface area contributed by atoms with E-state index >= 15 is 0 Å². The van der Waals surface area contributed by atoms with Crippen LogP contribution in [0, 0.1) is 118 Å². The molecule has 1 rings (SSSR count). The first-order valence-corrected chi connectivity index (χ1v) is 9.45. The lowest BCUT2D eigenvalue weighted by atomic mass is 9.81. The van der Waals surface area contributed by atoms with Gasteiger partial charge in [-0.2, -0.15) is 0 Å². The third-order valence-electron chi connectivity index (χ3n) is 3.70. The van der Waals surface area contributed by atoms with E-state index in [0.29, 0.717) is 11.7 Å². The lowest BCUT2D eigenvalue weighted by molar-refractivity contribution is -0.122. The van der Waals surface area contributed by atoms with E-state index in [-0.39, 0.29) is 0 Å². The Kier molecular flexibility index (Phi) is 16.7. The van der Waals surface area contributed by atoms with Crippen molar-refractivity contribution in [3.63, 3.8) is 0 Å². The van der Waals surface area contributed by atoms with Gasteiger partial charge in [-0.25, -0.2) is 0 Å². The summed E-state index contributed by atoms with van der Waals surface area (Å²) in [7, 11) is 0. The van der Waals surface area contributed by atoms with Gasteiger partial charge in [0.05, 0.1) is 0 Å². The van der Waals surface area contributed by atoms with Gasteiger partial charge in [-0.1, -0.05) is 31.6 Å². The van der Waals surface area contributed by atoms with Gasteiger partial charge in [-0.15, -0.1) is 0 Å². The number of hydrogen-bond acceptors (Lipinski definition) is 1. The van der Waals surface area contributed by atoms with Crippen LogP contribution in [0.5, 0.6) is 0 Å². The number of ketones is 1. The molecule has 0 saturated heterocycles.